The first-order valence-corrected chi connectivity index (χ1v) is 5.06. The van der Waals surface area contributed by atoms with Crippen molar-refractivity contribution in [3.05, 3.63) is 28.2 Å². The van der Waals surface area contributed by atoms with Gasteiger partial charge in [0.05, 0.1) is 4.47 Å². The van der Waals surface area contributed by atoms with Crippen LogP contribution in [0, 0.1) is 5.92 Å². The molecule has 0 aliphatic rings. The normalized spacial score (nSPS) is 13.3. The van der Waals surface area contributed by atoms with Crippen LogP contribution in [0.1, 0.15) is 25.5 Å². The van der Waals surface area contributed by atoms with Crippen LogP contribution in [-0.2, 0) is 0 Å². The molecule has 1 atom stereocenters. The number of aromatic hydroxyl groups is 1. The molecule has 1 rings (SSSR count). The van der Waals surface area contributed by atoms with E-state index >= 15 is 0 Å². The summed E-state index contributed by atoms with van der Waals surface area (Å²) >= 11 is 3.26. The van der Waals surface area contributed by atoms with Crippen molar-refractivity contribution in [1.29, 1.82) is 0 Å². The van der Waals surface area contributed by atoms with E-state index < -0.39 is 0 Å². The summed E-state index contributed by atoms with van der Waals surface area (Å²) in [5.74, 6) is 0.573. The molecule has 0 saturated carbocycles. The summed E-state index contributed by atoms with van der Waals surface area (Å²) in [7, 11) is 0. The molecule has 0 amide bonds. The molecule has 0 aromatic heterocycles. The zero-order valence-corrected chi connectivity index (χ0v) is 9.38. The van der Waals surface area contributed by atoms with Gasteiger partial charge in [-0.1, -0.05) is 26.0 Å². The maximum Gasteiger partial charge on any atom is 0.134 e. The Kier molecular flexibility index (Phi) is 3.33. The lowest BCUT2D eigenvalue weighted by molar-refractivity contribution is 0.437. The van der Waals surface area contributed by atoms with Crippen molar-refractivity contribution in [3.8, 4) is 5.75 Å². The number of hydrogen-bond donors (Lipinski definition) is 2. The largest absolute Gasteiger partial charge is 0.506 e. The molecule has 0 heterocycles. The van der Waals surface area contributed by atoms with Gasteiger partial charge in [0, 0.05) is 11.6 Å². The maximum absolute atomic E-state index is 9.69. The molecule has 3 heteroatoms. The van der Waals surface area contributed by atoms with Gasteiger partial charge in [-0.2, -0.15) is 0 Å². The highest BCUT2D eigenvalue weighted by Gasteiger charge is 2.15. The second kappa shape index (κ2) is 4.11. The lowest BCUT2D eigenvalue weighted by atomic mass is 9.96. The fraction of sp³-hybridized carbons (Fsp3) is 0.400. The van der Waals surface area contributed by atoms with Gasteiger partial charge in [0.1, 0.15) is 5.75 Å². The van der Waals surface area contributed by atoms with Crippen molar-refractivity contribution in [3.63, 3.8) is 0 Å². The second-order valence-electron chi connectivity index (χ2n) is 3.45. The van der Waals surface area contributed by atoms with Gasteiger partial charge in [-0.15, -0.1) is 0 Å². The van der Waals surface area contributed by atoms with E-state index in [9.17, 15) is 5.11 Å². The second-order valence-corrected chi connectivity index (χ2v) is 4.30. The van der Waals surface area contributed by atoms with Crippen LogP contribution in [0.15, 0.2) is 22.7 Å². The Morgan fingerprint density at radius 1 is 1.38 bits per heavy atom. The average molecular weight is 244 g/mol. The molecule has 0 bridgehead atoms. The third-order valence-electron chi connectivity index (χ3n) is 2.10. The van der Waals surface area contributed by atoms with Gasteiger partial charge in [-0.05, 0) is 27.9 Å². The van der Waals surface area contributed by atoms with Crippen molar-refractivity contribution in [2.75, 3.05) is 0 Å². The summed E-state index contributed by atoms with van der Waals surface area (Å²) < 4.78 is 0.695. The first-order valence-electron chi connectivity index (χ1n) is 4.27. The van der Waals surface area contributed by atoms with Crippen LogP contribution in [0.3, 0.4) is 0 Å². The minimum Gasteiger partial charge on any atom is -0.506 e. The molecule has 3 N–H and O–H groups in total. The molecule has 72 valence electrons. The average Bonchev–Trinajstić information content (AvgIpc) is 2.08. The Balaban J connectivity index is 3.07. The van der Waals surface area contributed by atoms with E-state index in [0.29, 0.717) is 10.4 Å². The summed E-state index contributed by atoms with van der Waals surface area (Å²) in [5.41, 5.74) is 6.72. The fourth-order valence-electron chi connectivity index (χ4n) is 1.16. The molecule has 1 aromatic rings. The highest BCUT2D eigenvalue weighted by molar-refractivity contribution is 9.10. The Labute approximate surface area is 86.9 Å². The molecule has 0 saturated heterocycles. The Hall–Kier alpha value is -0.540. The molecule has 13 heavy (non-hydrogen) atoms. The number of nitrogens with two attached hydrogens (primary N) is 1. The molecule has 0 aliphatic heterocycles. The number of benzene rings is 1. The van der Waals surface area contributed by atoms with E-state index in [4.69, 9.17) is 5.73 Å². The lowest BCUT2D eigenvalue weighted by Gasteiger charge is -2.17. The van der Waals surface area contributed by atoms with Crippen molar-refractivity contribution in [2.24, 2.45) is 11.7 Å². The standard InChI is InChI=1S/C10H14BrNO/c1-6(2)9(12)7-4-3-5-8(11)10(7)13/h3-6,9,13H,12H2,1-2H3. The van der Waals surface area contributed by atoms with E-state index in [2.05, 4.69) is 15.9 Å². The fourth-order valence-corrected chi connectivity index (χ4v) is 1.54. The molecular weight excluding hydrogens is 230 g/mol. The summed E-state index contributed by atoms with van der Waals surface area (Å²) in [6, 6.07) is 5.41. The van der Waals surface area contributed by atoms with Crippen LogP contribution in [-0.4, -0.2) is 5.11 Å². The summed E-state index contributed by atoms with van der Waals surface area (Å²) in [6.07, 6.45) is 0. The zero-order chi connectivity index (χ0) is 10.0. The number of halogens is 1. The highest BCUT2D eigenvalue weighted by atomic mass is 79.9. The van der Waals surface area contributed by atoms with Crippen LogP contribution < -0.4 is 5.73 Å². The van der Waals surface area contributed by atoms with Crippen molar-refractivity contribution >= 4 is 15.9 Å². The minimum absolute atomic E-state index is 0.113. The Bertz CT molecular complexity index is 299. The third-order valence-corrected chi connectivity index (χ3v) is 2.74. The summed E-state index contributed by atoms with van der Waals surface area (Å²) in [6.45, 7) is 4.07. The molecule has 0 aliphatic carbocycles. The first-order chi connectivity index (χ1) is 6.04. The van der Waals surface area contributed by atoms with Gasteiger partial charge < -0.3 is 10.8 Å². The number of phenolic OH excluding ortho intramolecular Hbond substituents is 1. The number of hydrogen-bond acceptors (Lipinski definition) is 2. The number of para-hydroxylation sites is 1. The highest BCUT2D eigenvalue weighted by Crippen LogP contribution is 2.33. The van der Waals surface area contributed by atoms with Crippen LogP contribution in [0.25, 0.3) is 0 Å². The van der Waals surface area contributed by atoms with E-state index in [1.165, 1.54) is 0 Å². The van der Waals surface area contributed by atoms with E-state index in [0.717, 1.165) is 5.56 Å². The Morgan fingerprint density at radius 3 is 2.54 bits per heavy atom. The maximum atomic E-state index is 9.69. The first kappa shape index (κ1) is 10.5. The molecule has 2 nitrogen and oxygen atoms in total. The predicted octanol–water partition coefficient (Wildman–Crippen LogP) is 2.81. The smallest absolute Gasteiger partial charge is 0.134 e. The van der Waals surface area contributed by atoms with Gasteiger partial charge >= 0.3 is 0 Å². The van der Waals surface area contributed by atoms with E-state index in [1.54, 1.807) is 6.07 Å². The van der Waals surface area contributed by atoms with Gasteiger partial charge in [0.15, 0.2) is 0 Å². The van der Waals surface area contributed by atoms with Gasteiger partial charge in [0.2, 0.25) is 0 Å². The van der Waals surface area contributed by atoms with Gasteiger partial charge in [-0.3, -0.25) is 0 Å². The SMILES string of the molecule is CC(C)C(N)c1cccc(Br)c1O. The molecule has 0 fully saturated rings. The summed E-state index contributed by atoms with van der Waals surface area (Å²) in [4.78, 5) is 0. The molecule has 0 radical (unpaired) electrons. The van der Waals surface area contributed by atoms with Crippen LogP contribution in [0.4, 0.5) is 0 Å². The topological polar surface area (TPSA) is 46.2 Å². The van der Waals surface area contributed by atoms with Crippen LogP contribution in [0.5, 0.6) is 5.75 Å². The van der Waals surface area contributed by atoms with Crippen LogP contribution in [0.2, 0.25) is 0 Å². The van der Waals surface area contributed by atoms with Crippen molar-refractivity contribution in [2.45, 2.75) is 19.9 Å². The Morgan fingerprint density at radius 2 is 2.00 bits per heavy atom. The molecule has 0 spiro atoms. The quantitative estimate of drug-likeness (QED) is 0.840. The zero-order valence-electron chi connectivity index (χ0n) is 7.79. The summed E-state index contributed by atoms with van der Waals surface area (Å²) in [5, 5.41) is 9.69. The monoisotopic (exact) mass is 243 g/mol. The molecule has 1 unspecified atom stereocenters. The van der Waals surface area contributed by atoms with E-state index in [1.807, 2.05) is 26.0 Å². The molecule has 1 aromatic carbocycles. The lowest BCUT2D eigenvalue weighted by Crippen LogP contribution is -2.16. The van der Waals surface area contributed by atoms with E-state index in [-0.39, 0.29) is 11.8 Å². The molecular formula is C10H14BrNO. The third kappa shape index (κ3) is 2.23. The van der Waals surface area contributed by atoms with Gasteiger partial charge in [0.25, 0.3) is 0 Å². The number of rotatable bonds is 2. The van der Waals surface area contributed by atoms with Crippen molar-refractivity contribution < 1.29 is 5.11 Å². The predicted molar refractivity (Wildman–Crippen MR) is 57.6 cm³/mol. The van der Waals surface area contributed by atoms with Crippen molar-refractivity contribution in [1.82, 2.24) is 0 Å². The van der Waals surface area contributed by atoms with Gasteiger partial charge in [-0.25, -0.2) is 0 Å². The number of phenols is 1. The minimum atomic E-state index is -0.113. The van der Waals surface area contributed by atoms with Crippen LogP contribution >= 0.6 is 15.9 Å².